The number of carbonyl (C=O) groups is 1. The van der Waals surface area contributed by atoms with Crippen molar-refractivity contribution in [1.82, 2.24) is 0 Å². The van der Waals surface area contributed by atoms with Gasteiger partial charge in [0, 0.05) is 23.5 Å². The van der Waals surface area contributed by atoms with Gasteiger partial charge in [0.2, 0.25) is 0 Å². The molecule has 23 heavy (non-hydrogen) atoms. The fourth-order valence-electron chi connectivity index (χ4n) is 3.03. The summed E-state index contributed by atoms with van der Waals surface area (Å²) in [5, 5.41) is 0. The number of hydrogen-bond acceptors (Lipinski definition) is 2. The molecule has 0 radical (unpaired) electrons. The summed E-state index contributed by atoms with van der Waals surface area (Å²) in [5.41, 5.74) is 2.20. The van der Waals surface area contributed by atoms with E-state index in [0.717, 1.165) is 41.9 Å². The summed E-state index contributed by atoms with van der Waals surface area (Å²) in [4.78, 5) is 12.4. The van der Waals surface area contributed by atoms with Crippen molar-refractivity contribution in [2.45, 2.75) is 38.5 Å². The Kier molecular flexibility index (Phi) is 4.92. The van der Waals surface area contributed by atoms with Crippen LogP contribution in [0.2, 0.25) is 0 Å². The monoisotopic (exact) mass is 306 g/mol. The molecule has 0 saturated carbocycles. The highest BCUT2D eigenvalue weighted by Crippen LogP contribution is 2.45. The molecule has 2 aromatic rings. The zero-order valence-corrected chi connectivity index (χ0v) is 13.5. The Hall–Kier alpha value is -2.35. The van der Waals surface area contributed by atoms with Gasteiger partial charge in [-0.15, -0.1) is 0 Å². The summed E-state index contributed by atoms with van der Waals surface area (Å²) in [5.74, 6) is 1.97. The van der Waals surface area contributed by atoms with Crippen molar-refractivity contribution in [3.63, 3.8) is 0 Å². The van der Waals surface area contributed by atoms with Gasteiger partial charge in [0.15, 0.2) is 5.78 Å². The van der Waals surface area contributed by atoms with E-state index in [0.29, 0.717) is 6.42 Å². The van der Waals surface area contributed by atoms with Gasteiger partial charge >= 0.3 is 0 Å². The van der Waals surface area contributed by atoms with Gasteiger partial charge in [-0.3, -0.25) is 4.79 Å². The molecule has 2 heteroatoms. The van der Waals surface area contributed by atoms with Crippen LogP contribution in [0.25, 0.3) is 0 Å². The van der Waals surface area contributed by atoms with E-state index in [1.807, 2.05) is 42.5 Å². The highest BCUT2D eigenvalue weighted by Gasteiger charge is 2.27. The topological polar surface area (TPSA) is 26.3 Å². The number of hydrogen-bond donors (Lipinski definition) is 0. The second-order valence-electron chi connectivity index (χ2n) is 5.95. The molecule has 0 unspecified atom stereocenters. The summed E-state index contributed by atoms with van der Waals surface area (Å²) in [6.45, 7) is 2.16. The first kappa shape index (κ1) is 15.5. The number of ketones is 1. The normalized spacial score (nSPS) is 13.4. The first-order valence-corrected chi connectivity index (χ1v) is 8.34. The van der Waals surface area contributed by atoms with Gasteiger partial charge in [-0.05, 0) is 24.6 Å². The lowest BCUT2D eigenvalue weighted by atomic mass is 9.84. The van der Waals surface area contributed by atoms with E-state index >= 15 is 0 Å². The van der Waals surface area contributed by atoms with Gasteiger partial charge in [0.1, 0.15) is 11.5 Å². The Morgan fingerprint density at radius 1 is 1.04 bits per heavy atom. The summed E-state index contributed by atoms with van der Waals surface area (Å²) >= 11 is 0. The van der Waals surface area contributed by atoms with Crippen molar-refractivity contribution >= 4 is 5.78 Å². The number of ether oxygens (including phenoxy) is 1. The SMILES string of the molecule is CCCCC=CC(=O)CC1c2ccccc2Oc2ccccc21. The van der Waals surface area contributed by atoms with Crippen molar-refractivity contribution in [3.05, 3.63) is 71.8 Å². The van der Waals surface area contributed by atoms with Crippen LogP contribution in [-0.4, -0.2) is 5.78 Å². The van der Waals surface area contributed by atoms with E-state index < -0.39 is 0 Å². The third kappa shape index (κ3) is 3.53. The van der Waals surface area contributed by atoms with Crippen LogP contribution in [0.15, 0.2) is 60.7 Å². The molecule has 0 atom stereocenters. The van der Waals surface area contributed by atoms with E-state index in [4.69, 9.17) is 4.74 Å². The quantitative estimate of drug-likeness (QED) is 0.510. The fraction of sp³-hybridized carbons (Fsp3) is 0.286. The van der Waals surface area contributed by atoms with Crippen LogP contribution >= 0.6 is 0 Å². The van der Waals surface area contributed by atoms with E-state index in [1.165, 1.54) is 0 Å². The van der Waals surface area contributed by atoms with E-state index in [1.54, 1.807) is 6.08 Å². The second-order valence-corrected chi connectivity index (χ2v) is 5.95. The van der Waals surface area contributed by atoms with Crippen LogP contribution < -0.4 is 4.74 Å². The van der Waals surface area contributed by atoms with Crippen molar-refractivity contribution in [2.75, 3.05) is 0 Å². The molecule has 0 amide bonds. The molecule has 0 saturated heterocycles. The highest BCUT2D eigenvalue weighted by atomic mass is 16.5. The maximum Gasteiger partial charge on any atom is 0.156 e. The number of para-hydroxylation sites is 2. The van der Waals surface area contributed by atoms with Crippen LogP contribution in [0, 0.1) is 0 Å². The predicted octanol–water partition coefficient (Wildman–Crippen LogP) is 5.63. The molecule has 2 nitrogen and oxygen atoms in total. The summed E-state index contributed by atoms with van der Waals surface area (Å²) in [7, 11) is 0. The molecule has 1 aliphatic rings. The first-order valence-electron chi connectivity index (χ1n) is 8.34. The largest absolute Gasteiger partial charge is 0.457 e. The molecule has 0 aliphatic carbocycles. The molecular weight excluding hydrogens is 284 g/mol. The molecule has 0 spiro atoms. The van der Waals surface area contributed by atoms with Gasteiger partial charge in [0.25, 0.3) is 0 Å². The standard InChI is InChI=1S/C21H22O2/c1-2-3-4-5-10-16(22)15-19-17-11-6-8-13-20(17)23-21-14-9-7-12-18(19)21/h5-14,19H,2-4,15H2,1H3. The molecule has 0 aromatic heterocycles. The van der Waals surface area contributed by atoms with E-state index in [-0.39, 0.29) is 11.7 Å². The Bertz CT molecular complexity index is 670. The first-order chi connectivity index (χ1) is 11.3. The zero-order chi connectivity index (χ0) is 16.1. The number of carbonyl (C=O) groups excluding carboxylic acids is 1. The highest BCUT2D eigenvalue weighted by molar-refractivity contribution is 5.90. The summed E-state index contributed by atoms with van der Waals surface area (Å²) < 4.78 is 5.97. The molecule has 2 aromatic carbocycles. The minimum Gasteiger partial charge on any atom is -0.457 e. The summed E-state index contributed by atoms with van der Waals surface area (Å²) in [6.07, 6.45) is 7.49. The zero-order valence-electron chi connectivity index (χ0n) is 13.5. The van der Waals surface area contributed by atoms with Crippen molar-refractivity contribution < 1.29 is 9.53 Å². The Balaban J connectivity index is 1.84. The minimum absolute atomic E-state index is 0.0690. The Labute approximate surface area is 137 Å². The van der Waals surface area contributed by atoms with Crippen LogP contribution in [-0.2, 0) is 4.79 Å². The molecule has 1 aliphatic heterocycles. The van der Waals surface area contributed by atoms with Crippen LogP contribution in [0.1, 0.15) is 49.7 Å². The van der Waals surface area contributed by atoms with Gasteiger partial charge < -0.3 is 4.74 Å². The maximum atomic E-state index is 12.4. The lowest BCUT2D eigenvalue weighted by Crippen LogP contribution is -2.13. The smallest absolute Gasteiger partial charge is 0.156 e. The molecule has 0 N–H and O–H groups in total. The van der Waals surface area contributed by atoms with Crippen molar-refractivity contribution in [3.8, 4) is 11.5 Å². The molecule has 1 heterocycles. The summed E-state index contributed by atoms with van der Waals surface area (Å²) in [6, 6.07) is 16.0. The van der Waals surface area contributed by atoms with Crippen LogP contribution in [0.5, 0.6) is 11.5 Å². The number of unbranched alkanes of at least 4 members (excludes halogenated alkanes) is 2. The van der Waals surface area contributed by atoms with Crippen LogP contribution in [0.3, 0.4) is 0 Å². The van der Waals surface area contributed by atoms with Gasteiger partial charge in [-0.25, -0.2) is 0 Å². The fourth-order valence-corrected chi connectivity index (χ4v) is 3.03. The molecular formula is C21H22O2. The number of allylic oxidation sites excluding steroid dienone is 2. The minimum atomic E-state index is 0.0690. The predicted molar refractivity (Wildman–Crippen MR) is 93.1 cm³/mol. The molecule has 3 rings (SSSR count). The lowest BCUT2D eigenvalue weighted by molar-refractivity contribution is -0.114. The third-order valence-electron chi connectivity index (χ3n) is 4.24. The lowest BCUT2D eigenvalue weighted by Gasteiger charge is -2.27. The average molecular weight is 306 g/mol. The van der Waals surface area contributed by atoms with Crippen molar-refractivity contribution in [1.29, 1.82) is 0 Å². The number of rotatable bonds is 6. The number of benzene rings is 2. The average Bonchev–Trinajstić information content (AvgIpc) is 2.58. The molecule has 0 fully saturated rings. The number of fused-ring (bicyclic) bond motifs is 2. The third-order valence-corrected chi connectivity index (χ3v) is 4.24. The second kappa shape index (κ2) is 7.28. The molecule has 118 valence electrons. The van der Waals surface area contributed by atoms with Crippen molar-refractivity contribution in [2.24, 2.45) is 0 Å². The van der Waals surface area contributed by atoms with Gasteiger partial charge in [0.05, 0.1) is 0 Å². The van der Waals surface area contributed by atoms with E-state index in [2.05, 4.69) is 19.1 Å². The Morgan fingerprint density at radius 2 is 1.65 bits per heavy atom. The maximum absolute atomic E-state index is 12.4. The van der Waals surface area contributed by atoms with Gasteiger partial charge in [-0.1, -0.05) is 62.2 Å². The molecule has 0 bridgehead atoms. The van der Waals surface area contributed by atoms with Crippen LogP contribution in [0.4, 0.5) is 0 Å². The van der Waals surface area contributed by atoms with Gasteiger partial charge in [-0.2, -0.15) is 0 Å². The Morgan fingerprint density at radius 3 is 2.26 bits per heavy atom. The van der Waals surface area contributed by atoms with E-state index in [9.17, 15) is 4.79 Å².